The van der Waals surface area contributed by atoms with E-state index in [1.54, 1.807) is 6.07 Å². The van der Waals surface area contributed by atoms with Crippen LogP contribution in [0.1, 0.15) is 27.9 Å². The molecule has 0 aliphatic rings. The maximum absolute atomic E-state index is 12.1. The largest absolute Gasteiger partial charge is 0.465 e. The standard InChI is InChI=1S/C19H19ClN2O4/c1-11-4-7-15(12(2)8-11)21-17(23)10-18(24)22-16-9-13(19(25)26-3)5-6-14(16)20/h4-9H,10H2,1-3H3,(H,21,23)(H,22,24). The molecule has 7 heteroatoms. The average molecular weight is 375 g/mol. The Kier molecular flexibility index (Phi) is 6.36. The number of amides is 2. The molecule has 2 N–H and O–H groups in total. The highest BCUT2D eigenvalue weighted by molar-refractivity contribution is 6.34. The molecule has 0 atom stereocenters. The lowest BCUT2D eigenvalue weighted by molar-refractivity contribution is -0.123. The second kappa shape index (κ2) is 8.49. The molecule has 0 unspecified atom stereocenters. The van der Waals surface area contributed by atoms with Crippen molar-refractivity contribution < 1.29 is 19.1 Å². The van der Waals surface area contributed by atoms with Crippen molar-refractivity contribution in [1.82, 2.24) is 0 Å². The van der Waals surface area contributed by atoms with Gasteiger partial charge in [-0.15, -0.1) is 0 Å². The number of benzene rings is 2. The molecule has 0 heterocycles. The zero-order valence-corrected chi connectivity index (χ0v) is 15.4. The predicted octanol–water partition coefficient (Wildman–Crippen LogP) is 3.71. The van der Waals surface area contributed by atoms with Gasteiger partial charge in [0.05, 0.1) is 23.4 Å². The molecule has 0 aromatic heterocycles. The third-order valence-electron chi connectivity index (χ3n) is 3.64. The molecule has 26 heavy (non-hydrogen) atoms. The van der Waals surface area contributed by atoms with Crippen LogP contribution in [0.2, 0.25) is 5.02 Å². The number of hydrogen-bond donors (Lipinski definition) is 2. The number of carbonyl (C=O) groups is 3. The highest BCUT2D eigenvalue weighted by Crippen LogP contribution is 2.24. The van der Waals surface area contributed by atoms with E-state index >= 15 is 0 Å². The van der Waals surface area contributed by atoms with Crippen LogP contribution in [0.5, 0.6) is 0 Å². The van der Waals surface area contributed by atoms with Crippen molar-refractivity contribution in [3.05, 3.63) is 58.1 Å². The summed E-state index contributed by atoms with van der Waals surface area (Å²) in [5.74, 6) is -1.55. The van der Waals surface area contributed by atoms with Crippen LogP contribution in [-0.2, 0) is 14.3 Å². The zero-order chi connectivity index (χ0) is 19.3. The molecule has 2 aromatic carbocycles. The molecule has 0 aliphatic heterocycles. The van der Waals surface area contributed by atoms with E-state index in [0.717, 1.165) is 11.1 Å². The van der Waals surface area contributed by atoms with Crippen LogP contribution < -0.4 is 10.6 Å². The molecule has 0 saturated heterocycles. The van der Waals surface area contributed by atoms with Gasteiger partial charge in [0.1, 0.15) is 6.42 Å². The first-order chi connectivity index (χ1) is 12.3. The Labute approximate surface area is 156 Å². The first-order valence-corrected chi connectivity index (χ1v) is 8.22. The molecular weight excluding hydrogens is 356 g/mol. The third kappa shape index (κ3) is 5.07. The summed E-state index contributed by atoms with van der Waals surface area (Å²) in [6, 6.07) is 9.95. The number of aryl methyl sites for hydroxylation is 2. The Morgan fingerprint density at radius 2 is 1.62 bits per heavy atom. The highest BCUT2D eigenvalue weighted by atomic mass is 35.5. The number of carbonyl (C=O) groups excluding carboxylic acids is 3. The van der Waals surface area contributed by atoms with Crippen LogP contribution in [0, 0.1) is 13.8 Å². The van der Waals surface area contributed by atoms with Gasteiger partial charge in [-0.05, 0) is 43.7 Å². The maximum Gasteiger partial charge on any atom is 0.337 e. The van der Waals surface area contributed by atoms with Gasteiger partial charge in [-0.25, -0.2) is 4.79 Å². The summed E-state index contributed by atoms with van der Waals surface area (Å²) >= 11 is 6.02. The van der Waals surface area contributed by atoms with E-state index in [2.05, 4.69) is 15.4 Å². The summed E-state index contributed by atoms with van der Waals surface area (Å²) in [6.07, 6.45) is -0.383. The minimum absolute atomic E-state index is 0.235. The number of nitrogens with one attached hydrogen (secondary N) is 2. The lowest BCUT2D eigenvalue weighted by atomic mass is 10.1. The van der Waals surface area contributed by atoms with Crippen LogP contribution in [-0.4, -0.2) is 24.9 Å². The number of esters is 1. The molecule has 0 aliphatic carbocycles. The number of hydrogen-bond acceptors (Lipinski definition) is 4. The quantitative estimate of drug-likeness (QED) is 0.617. The van der Waals surface area contributed by atoms with Crippen LogP contribution in [0.15, 0.2) is 36.4 Å². The second-order valence-electron chi connectivity index (χ2n) is 5.78. The number of halogens is 1. The summed E-state index contributed by atoms with van der Waals surface area (Å²) in [7, 11) is 1.26. The molecule has 2 amide bonds. The first-order valence-electron chi connectivity index (χ1n) is 7.85. The van der Waals surface area contributed by atoms with Crippen molar-refractivity contribution in [3.63, 3.8) is 0 Å². The Hall–Kier alpha value is -2.86. The van der Waals surface area contributed by atoms with Crippen molar-refractivity contribution in [2.75, 3.05) is 17.7 Å². The van der Waals surface area contributed by atoms with E-state index in [1.807, 2.05) is 26.0 Å². The lowest BCUT2D eigenvalue weighted by Gasteiger charge is -2.11. The van der Waals surface area contributed by atoms with Gasteiger partial charge in [-0.3, -0.25) is 9.59 Å². The molecule has 0 fully saturated rings. The van der Waals surface area contributed by atoms with E-state index in [-0.39, 0.29) is 22.7 Å². The monoisotopic (exact) mass is 374 g/mol. The number of rotatable bonds is 5. The van der Waals surface area contributed by atoms with Gasteiger partial charge in [-0.2, -0.15) is 0 Å². The predicted molar refractivity (Wildman–Crippen MR) is 101 cm³/mol. The lowest BCUT2D eigenvalue weighted by Crippen LogP contribution is -2.22. The van der Waals surface area contributed by atoms with Crippen LogP contribution in [0.25, 0.3) is 0 Å². The Morgan fingerprint density at radius 3 is 2.23 bits per heavy atom. The summed E-state index contributed by atoms with van der Waals surface area (Å²) in [4.78, 5) is 35.7. The maximum atomic E-state index is 12.1. The molecule has 0 bridgehead atoms. The smallest absolute Gasteiger partial charge is 0.337 e. The Balaban J connectivity index is 2.02. The molecule has 0 radical (unpaired) electrons. The summed E-state index contributed by atoms with van der Waals surface area (Å²) < 4.78 is 4.63. The van der Waals surface area contributed by atoms with Crippen molar-refractivity contribution in [3.8, 4) is 0 Å². The van der Waals surface area contributed by atoms with E-state index in [9.17, 15) is 14.4 Å². The average Bonchev–Trinajstić information content (AvgIpc) is 2.58. The highest BCUT2D eigenvalue weighted by Gasteiger charge is 2.14. The first kappa shape index (κ1) is 19.5. The summed E-state index contributed by atoms with van der Waals surface area (Å²) in [5.41, 5.74) is 3.12. The van der Waals surface area contributed by atoms with E-state index in [0.29, 0.717) is 5.69 Å². The van der Waals surface area contributed by atoms with E-state index in [4.69, 9.17) is 11.6 Å². The molecular formula is C19H19ClN2O4. The SMILES string of the molecule is COC(=O)c1ccc(Cl)c(NC(=O)CC(=O)Nc2ccc(C)cc2C)c1. The van der Waals surface area contributed by atoms with Crippen molar-refractivity contribution >= 4 is 40.8 Å². The van der Waals surface area contributed by atoms with Gasteiger partial charge >= 0.3 is 5.97 Å². The molecule has 6 nitrogen and oxygen atoms in total. The van der Waals surface area contributed by atoms with Gasteiger partial charge in [0.2, 0.25) is 11.8 Å². The minimum Gasteiger partial charge on any atom is -0.465 e. The third-order valence-corrected chi connectivity index (χ3v) is 3.97. The van der Waals surface area contributed by atoms with Gasteiger partial charge in [0, 0.05) is 5.69 Å². The molecule has 136 valence electrons. The number of ether oxygens (including phenoxy) is 1. The van der Waals surface area contributed by atoms with E-state index < -0.39 is 17.8 Å². The summed E-state index contributed by atoms with van der Waals surface area (Å²) in [6.45, 7) is 3.83. The Morgan fingerprint density at radius 1 is 0.962 bits per heavy atom. The minimum atomic E-state index is -0.551. The summed E-state index contributed by atoms with van der Waals surface area (Å²) in [5, 5.41) is 5.48. The number of methoxy groups -OCH3 is 1. The molecule has 0 saturated carbocycles. The van der Waals surface area contributed by atoms with Crippen LogP contribution in [0.3, 0.4) is 0 Å². The van der Waals surface area contributed by atoms with Gasteiger partial charge in [0.25, 0.3) is 0 Å². The topological polar surface area (TPSA) is 84.5 Å². The molecule has 0 spiro atoms. The fraction of sp³-hybridized carbons (Fsp3) is 0.211. The second-order valence-corrected chi connectivity index (χ2v) is 6.18. The molecule has 2 aromatic rings. The fourth-order valence-corrected chi connectivity index (χ4v) is 2.52. The van der Waals surface area contributed by atoms with Crippen LogP contribution >= 0.6 is 11.6 Å². The fourth-order valence-electron chi connectivity index (χ4n) is 2.35. The molecule has 2 rings (SSSR count). The van der Waals surface area contributed by atoms with Crippen molar-refractivity contribution in [2.24, 2.45) is 0 Å². The van der Waals surface area contributed by atoms with Gasteiger partial charge in [0.15, 0.2) is 0 Å². The number of anilines is 2. The van der Waals surface area contributed by atoms with Crippen molar-refractivity contribution in [1.29, 1.82) is 0 Å². The Bertz CT molecular complexity index is 865. The van der Waals surface area contributed by atoms with Gasteiger partial charge < -0.3 is 15.4 Å². The van der Waals surface area contributed by atoms with E-state index in [1.165, 1.54) is 25.3 Å². The van der Waals surface area contributed by atoms with Crippen molar-refractivity contribution in [2.45, 2.75) is 20.3 Å². The zero-order valence-electron chi connectivity index (χ0n) is 14.7. The normalized spacial score (nSPS) is 10.2. The van der Waals surface area contributed by atoms with Gasteiger partial charge in [-0.1, -0.05) is 29.3 Å². The van der Waals surface area contributed by atoms with Crippen LogP contribution in [0.4, 0.5) is 11.4 Å².